The molecular formula is C12H16FN3O3. The van der Waals surface area contributed by atoms with E-state index in [-0.39, 0.29) is 19.0 Å². The lowest BCUT2D eigenvalue weighted by Crippen LogP contribution is -2.41. The molecule has 1 aromatic rings. The molecule has 1 aromatic heterocycles. The Kier molecular flexibility index (Phi) is 3.94. The molecule has 6 nitrogen and oxygen atoms in total. The Morgan fingerprint density at radius 3 is 2.95 bits per heavy atom. The van der Waals surface area contributed by atoms with Gasteiger partial charge in [0.1, 0.15) is 12.2 Å². The number of aryl methyl sites for hydroxylation is 1. The van der Waals surface area contributed by atoms with Crippen molar-refractivity contribution in [2.75, 3.05) is 25.2 Å². The molecule has 1 aliphatic heterocycles. The number of rotatable bonds is 4. The maximum absolute atomic E-state index is 14.2. The fourth-order valence-electron chi connectivity index (χ4n) is 2.21. The van der Waals surface area contributed by atoms with Crippen LogP contribution in [0.5, 0.6) is 0 Å². The highest BCUT2D eigenvalue weighted by Gasteiger charge is 2.38. The van der Waals surface area contributed by atoms with Crippen LogP contribution in [0, 0.1) is 11.7 Å². The van der Waals surface area contributed by atoms with E-state index in [2.05, 4.69) is 9.97 Å². The van der Waals surface area contributed by atoms with E-state index in [1.165, 1.54) is 11.2 Å². The highest BCUT2D eigenvalue weighted by Crippen LogP contribution is 2.25. The molecule has 0 bridgehead atoms. The zero-order chi connectivity index (χ0) is 14.0. The minimum atomic E-state index is -0.945. The molecular weight excluding hydrogens is 253 g/mol. The first-order chi connectivity index (χ1) is 9.06. The summed E-state index contributed by atoms with van der Waals surface area (Å²) in [7, 11) is 1.63. The van der Waals surface area contributed by atoms with E-state index in [1.54, 1.807) is 14.0 Å². The van der Waals surface area contributed by atoms with Crippen LogP contribution in [-0.4, -0.2) is 47.3 Å². The maximum Gasteiger partial charge on any atom is 0.311 e. The number of aliphatic carboxylic acids is 1. The highest BCUT2D eigenvalue weighted by atomic mass is 19.1. The van der Waals surface area contributed by atoms with E-state index in [1.807, 2.05) is 0 Å². The Morgan fingerprint density at radius 1 is 1.58 bits per heavy atom. The lowest BCUT2D eigenvalue weighted by molar-refractivity contribution is -0.141. The summed E-state index contributed by atoms with van der Waals surface area (Å²) in [4.78, 5) is 20.4. The molecule has 0 amide bonds. The third-order valence-electron chi connectivity index (χ3n) is 3.38. The van der Waals surface area contributed by atoms with Crippen LogP contribution in [0.4, 0.5) is 10.2 Å². The van der Waals surface area contributed by atoms with Gasteiger partial charge in [-0.3, -0.25) is 4.79 Å². The highest BCUT2D eigenvalue weighted by molar-refractivity contribution is 5.72. The predicted molar refractivity (Wildman–Crippen MR) is 65.5 cm³/mol. The summed E-state index contributed by atoms with van der Waals surface area (Å²) in [6, 6.07) is -0.424. The van der Waals surface area contributed by atoms with E-state index >= 15 is 0 Å². The second kappa shape index (κ2) is 5.48. The number of ether oxygens (including phenoxy) is 1. The fourth-order valence-corrected chi connectivity index (χ4v) is 2.21. The molecule has 2 atom stereocenters. The van der Waals surface area contributed by atoms with Gasteiger partial charge < -0.3 is 14.7 Å². The van der Waals surface area contributed by atoms with Crippen molar-refractivity contribution in [3.05, 3.63) is 17.8 Å². The van der Waals surface area contributed by atoms with Gasteiger partial charge in [0, 0.05) is 7.05 Å². The first kappa shape index (κ1) is 13.7. The topological polar surface area (TPSA) is 75.5 Å². The number of anilines is 1. The molecule has 1 saturated heterocycles. The Balaban J connectivity index is 2.29. The number of carbonyl (C=O) groups is 1. The predicted octanol–water partition coefficient (Wildman–Crippen LogP) is 0.714. The molecule has 2 heterocycles. The summed E-state index contributed by atoms with van der Waals surface area (Å²) in [6.07, 6.45) is 1.75. The van der Waals surface area contributed by atoms with Crippen LogP contribution in [0.25, 0.3) is 0 Å². The van der Waals surface area contributed by atoms with Crippen LogP contribution in [0.1, 0.15) is 12.6 Å². The largest absolute Gasteiger partial charge is 0.481 e. The summed E-state index contributed by atoms with van der Waals surface area (Å²) >= 11 is 0. The Hall–Kier alpha value is -1.76. The zero-order valence-electron chi connectivity index (χ0n) is 10.8. The Morgan fingerprint density at radius 2 is 2.32 bits per heavy atom. The van der Waals surface area contributed by atoms with E-state index in [0.29, 0.717) is 12.1 Å². The summed E-state index contributed by atoms with van der Waals surface area (Å²) in [5.41, 5.74) is 0.322. The fraction of sp³-hybridized carbons (Fsp3) is 0.583. The molecule has 0 radical (unpaired) electrons. The monoisotopic (exact) mass is 269 g/mol. The normalized spacial score (nSPS) is 22.5. The van der Waals surface area contributed by atoms with Crippen molar-refractivity contribution >= 4 is 11.8 Å². The average molecular weight is 269 g/mol. The number of halogens is 1. The lowest BCUT2D eigenvalue weighted by Gasteiger charge is -2.27. The quantitative estimate of drug-likeness (QED) is 0.867. The zero-order valence-corrected chi connectivity index (χ0v) is 10.8. The second-order valence-corrected chi connectivity index (χ2v) is 4.47. The first-order valence-electron chi connectivity index (χ1n) is 6.09. The molecule has 0 aliphatic carbocycles. The van der Waals surface area contributed by atoms with Gasteiger partial charge in [0.05, 0.1) is 24.9 Å². The van der Waals surface area contributed by atoms with Gasteiger partial charge in [-0.05, 0) is 6.42 Å². The maximum atomic E-state index is 14.2. The van der Waals surface area contributed by atoms with Gasteiger partial charge >= 0.3 is 5.97 Å². The molecule has 104 valence electrons. The SMILES string of the molecule is CCc1ncnc(N(C)C2COCC2C(=O)O)c1F. The van der Waals surface area contributed by atoms with Crippen molar-refractivity contribution in [2.24, 2.45) is 5.92 Å². The van der Waals surface area contributed by atoms with Crippen LogP contribution in [0.15, 0.2) is 6.33 Å². The van der Waals surface area contributed by atoms with Crippen LogP contribution < -0.4 is 4.90 Å². The van der Waals surface area contributed by atoms with E-state index in [4.69, 9.17) is 9.84 Å². The minimum absolute atomic E-state index is 0.119. The molecule has 19 heavy (non-hydrogen) atoms. The smallest absolute Gasteiger partial charge is 0.311 e. The summed E-state index contributed by atoms with van der Waals surface area (Å²) in [5.74, 6) is -2.00. The van der Waals surface area contributed by atoms with Gasteiger partial charge in [-0.25, -0.2) is 14.4 Å². The summed E-state index contributed by atoms with van der Waals surface area (Å²) < 4.78 is 19.3. The van der Waals surface area contributed by atoms with Gasteiger partial charge in [0.25, 0.3) is 0 Å². The van der Waals surface area contributed by atoms with E-state index < -0.39 is 23.7 Å². The summed E-state index contributed by atoms with van der Waals surface area (Å²) in [6.45, 7) is 2.18. The van der Waals surface area contributed by atoms with Crippen molar-refractivity contribution in [1.29, 1.82) is 0 Å². The second-order valence-electron chi connectivity index (χ2n) is 4.47. The number of hydrogen-bond donors (Lipinski definition) is 1. The summed E-state index contributed by atoms with van der Waals surface area (Å²) in [5, 5.41) is 9.12. The van der Waals surface area contributed by atoms with Crippen molar-refractivity contribution in [2.45, 2.75) is 19.4 Å². The number of carboxylic acid groups (broad SMARTS) is 1. The molecule has 0 spiro atoms. The van der Waals surface area contributed by atoms with Crippen LogP contribution in [0.3, 0.4) is 0 Å². The van der Waals surface area contributed by atoms with Gasteiger partial charge in [-0.1, -0.05) is 6.92 Å². The number of carboxylic acids is 1. The molecule has 1 N–H and O–H groups in total. The average Bonchev–Trinajstić information content (AvgIpc) is 2.87. The molecule has 0 aromatic carbocycles. The van der Waals surface area contributed by atoms with Gasteiger partial charge in [0.2, 0.25) is 0 Å². The third kappa shape index (κ3) is 2.51. The number of nitrogens with zero attached hydrogens (tertiary/aromatic N) is 3. The van der Waals surface area contributed by atoms with E-state index in [9.17, 15) is 9.18 Å². The standard InChI is InChI=1S/C12H16FN3O3/c1-3-8-10(13)11(15-6-14-8)16(2)9-5-19-4-7(9)12(17)18/h6-7,9H,3-5H2,1-2H3,(H,17,18). The van der Waals surface area contributed by atoms with Crippen molar-refractivity contribution in [3.8, 4) is 0 Å². The van der Waals surface area contributed by atoms with Gasteiger partial charge in [-0.15, -0.1) is 0 Å². The van der Waals surface area contributed by atoms with Crippen LogP contribution in [-0.2, 0) is 16.0 Å². The first-order valence-corrected chi connectivity index (χ1v) is 6.09. The minimum Gasteiger partial charge on any atom is -0.481 e. The van der Waals surface area contributed by atoms with Crippen molar-refractivity contribution in [3.63, 3.8) is 0 Å². The number of likely N-dealkylation sites (N-methyl/N-ethyl adjacent to an activating group) is 1. The molecule has 2 unspecified atom stereocenters. The third-order valence-corrected chi connectivity index (χ3v) is 3.38. The molecule has 2 rings (SSSR count). The lowest BCUT2D eigenvalue weighted by atomic mass is 10.0. The van der Waals surface area contributed by atoms with Crippen LogP contribution >= 0.6 is 0 Å². The number of hydrogen-bond acceptors (Lipinski definition) is 5. The molecule has 1 fully saturated rings. The van der Waals surface area contributed by atoms with Crippen molar-refractivity contribution in [1.82, 2.24) is 9.97 Å². The van der Waals surface area contributed by atoms with Crippen molar-refractivity contribution < 1.29 is 19.0 Å². The molecule has 1 aliphatic rings. The van der Waals surface area contributed by atoms with Gasteiger partial charge in [0.15, 0.2) is 11.6 Å². The van der Waals surface area contributed by atoms with Crippen LogP contribution in [0.2, 0.25) is 0 Å². The molecule has 7 heteroatoms. The van der Waals surface area contributed by atoms with Gasteiger partial charge in [-0.2, -0.15) is 0 Å². The molecule has 0 saturated carbocycles. The number of aromatic nitrogens is 2. The van der Waals surface area contributed by atoms with E-state index in [0.717, 1.165) is 0 Å². The Bertz CT molecular complexity index is 483. The Labute approximate surface area is 110 Å².